The number of carbonyl (C=O) groups is 1. The van der Waals surface area contributed by atoms with Crippen LogP contribution in [-0.4, -0.2) is 54.2 Å². The van der Waals surface area contributed by atoms with Gasteiger partial charge in [0.15, 0.2) is 0 Å². The molecule has 0 bridgehead atoms. The minimum Gasteiger partial charge on any atom is -0.506 e. The van der Waals surface area contributed by atoms with E-state index in [1.165, 1.54) is 10.7 Å². The van der Waals surface area contributed by atoms with Crippen molar-refractivity contribution in [1.82, 2.24) is 24.3 Å². The highest BCUT2D eigenvalue weighted by Gasteiger charge is 2.29. The van der Waals surface area contributed by atoms with E-state index in [4.69, 9.17) is 4.74 Å². The Hall–Kier alpha value is -3.54. The van der Waals surface area contributed by atoms with Crippen LogP contribution < -0.4 is 0 Å². The fourth-order valence-corrected chi connectivity index (χ4v) is 4.02. The first-order chi connectivity index (χ1) is 14.7. The van der Waals surface area contributed by atoms with Crippen LogP contribution in [0, 0.1) is 18.3 Å². The molecule has 0 saturated carbocycles. The van der Waals surface area contributed by atoms with Crippen molar-refractivity contribution in [2.24, 2.45) is 0 Å². The number of rotatable bonds is 2. The lowest BCUT2D eigenvalue weighted by Crippen LogP contribution is -2.42. The summed E-state index contributed by atoms with van der Waals surface area (Å²) in [5.41, 5.74) is 2.85. The van der Waals surface area contributed by atoms with Gasteiger partial charge in [0.2, 0.25) is 0 Å². The molecule has 0 aliphatic carbocycles. The lowest BCUT2D eigenvalue weighted by molar-refractivity contribution is 0.0184. The van der Waals surface area contributed by atoms with Crippen LogP contribution in [0.3, 0.4) is 0 Å². The van der Waals surface area contributed by atoms with Crippen LogP contribution in [0.2, 0.25) is 0 Å². The molecule has 1 aliphatic heterocycles. The first-order valence-corrected chi connectivity index (χ1v) is 10.3. The average Bonchev–Trinajstić information content (AvgIpc) is 3.30. The summed E-state index contributed by atoms with van der Waals surface area (Å²) >= 11 is 0. The highest BCUT2D eigenvalue weighted by Crippen LogP contribution is 2.33. The number of carbonyl (C=O) groups excluding carboxylic acids is 1. The van der Waals surface area contributed by atoms with Gasteiger partial charge in [0.1, 0.15) is 28.5 Å². The van der Waals surface area contributed by atoms with Crippen LogP contribution in [0.4, 0.5) is 4.79 Å². The monoisotopic (exact) mass is 422 g/mol. The van der Waals surface area contributed by atoms with Gasteiger partial charge in [-0.1, -0.05) is 0 Å². The number of aromatic hydroxyl groups is 1. The third-order valence-corrected chi connectivity index (χ3v) is 5.53. The first kappa shape index (κ1) is 20.7. The van der Waals surface area contributed by atoms with Crippen molar-refractivity contribution < 1.29 is 14.6 Å². The van der Waals surface area contributed by atoms with E-state index in [1.807, 2.05) is 38.4 Å². The molecule has 0 unspecified atom stereocenters. The normalized spacial score (nSPS) is 15.3. The summed E-state index contributed by atoms with van der Waals surface area (Å²) < 4.78 is 8.98. The molecule has 4 rings (SSSR count). The van der Waals surface area contributed by atoms with Crippen molar-refractivity contribution in [3.05, 3.63) is 35.9 Å². The van der Waals surface area contributed by atoms with Crippen molar-refractivity contribution in [2.75, 3.05) is 13.1 Å². The summed E-state index contributed by atoms with van der Waals surface area (Å²) in [5, 5.41) is 28.4. The summed E-state index contributed by atoms with van der Waals surface area (Å²) in [7, 11) is 0. The second-order valence-corrected chi connectivity index (χ2v) is 8.86. The van der Waals surface area contributed by atoms with E-state index in [1.54, 1.807) is 23.4 Å². The Morgan fingerprint density at radius 1 is 1.26 bits per heavy atom. The van der Waals surface area contributed by atoms with Gasteiger partial charge in [-0.15, -0.1) is 0 Å². The lowest BCUT2D eigenvalue weighted by atomic mass is 10.0. The van der Waals surface area contributed by atoms with Crippen molar-refractivity contribution in [3.63, 3.8) is 0 Å². The van der Waals surface area contributed by atoms with E-state index in [9.17, 15) is 15.2 Å². The van der Waals surface area contributed by atoms with E-state index >= 15 is 0 Å². The fraction of sp³-hybridized carbons (Fsp3) is 0.455. The summed E-state index contributed by atoms with van der Waals surface area (Å²) in [6.07, 6.45) is 6.31. The number of hydrogen-bond donors (Lipinski definition) is 1. The number of ether oxygens (including phenoxy) is 1. The molecule has 0 aromatic carbocycles. The van der Waals surface area contributed by atoms with Crippen molar-refractivity contribution >= 4 is 11.6 Å². The Balaban J connectivity index is 1.53. The summed E-state index contributed by atoms with van der Waals surface area (Å²) in [5.74, 6) is 0.00405. The predicted molar refractivity (Wildman–Crippen MR) is 114 cm³/mol. The van der Waals surface area contributed by atoms with E-state index < -0.39 is 5.60 Å². The van der Waals surface area contributed by atoms with Gasteiger partial charge in [-0.3, -0.25) is 4.68 Å². The smallest absolute Gasteiger partial charge is 0.410 e. The molecular formula is C22H26N6O3. The number of piperidine rings is 1. The highest BCUT2D eigenvalue weighted by molar-refractivity contribution is 5.75. The molecule has 1 aliphatic rings. The summed E-state index contributed by atoms with van der Waals surface area (Å²) in [4.78, 5) is 14.1. The predicted octanol–water partition coefficient (Wildman–Crippen LogP) is 3.66. The van der Waals surface area contributed by atoms with Crippen molar-refractivity contribution in [2.45, 2.75) is 52.2 Å². The van der Waals surface area contributed by atoms with Crippen LogP contribution in [0.25, 0.3) is 16.6 Å². The number of likely N-dealkylation sites (tertiary alicyclic amines) is 1. The minimum atomic E-state index is -0.503. The van der Waals surface area contributed by atoms with Crippen LogP contribution >= 0.6 is 0 Å². The van der Waals surface area contributed by atoms with Crippen molar-refractivity contribution in [1.29, 1.82) is 5.26 Å². The molecule has 3 aromatic heterocycles. The molecule has 1 fully saturated rings. The second-order valence-electron chi connectivity index (χ2n) is 8.86. The number of aromatic nitrogens is 4. The van der Waals surface area contributed by atoms with Gasteiger partial charge in [0.05, 0.1) is 18.4 Å². The topological polar surface area (TPSA) is 109 Å². The number of pyridine rings is 1. The molecule has 4 heterocycles. The van der Waals surface area contributed by atoms with E-state index in [0.717, 1.165) is 29.7 Å². The lowest BCUT2D eigenvalue weighted by Gasteiger charge is -2.33. The first-order valence-electron chi connectivity index (χ1n) is 10.3. The largest absolute Gasteiger partial charge is 0.506 e. The number of nitrogens with zero attached hydrogens (tertiary/aromatic N) is 6. The number of nitriles is 1. The van der Waals surface area contributed by atoms with Crippen LogP contribution in [0.15, 0.2) is 24.7 Å². The van der Waals surface area contributed by atoms with E-state index in [2.05, 4.69) is 10.2 Å². The second kappa shape index (κ2) is 7.61. The molecule has 0 atom stereocenters. The Kier molecular flexibility index (Phi) is 5.09. The average molecular weight is 422 g/mol. The van der Waals surface area contributed by atoms with Gasteiger partial charge in [-0.05, 0) is 46.6 Å². The summed E-state index contributed by atoms with van der Waals surface area (Å²) in [6, 6.07) is 3.85. The fourth-order valence-electron chi connectivity index (χ4n) is 4.02. The standard InChI is InChI=1S/C22H26N6O3/c1-14-18(15-9-19(29)20-16(10-23)11-24-27(20)13-15)12-25-28(14)17-5-7-26(8-6-17)21(30)31-22(2,3)4/h9,11-13,17,29H,5-8H2,1-4H3. The molecule has 1 N–H and O–H groups in total. The zero-order chi connectivity index (χ0) is 22.3. The molecular weight excluding hydrogens is 396 g/mol. The maximum atomic E-state index is 12.3. The van der Waals surface area contributed by atoms with E-state index in [-0.39, 0.29) is 17.9 Å². The van der Waals surface area contributed by atoms with Gasteiger partial charge in [-0.25, -0.2) is 9.31 Å². The molecule has 162 valence electrons. The van der Waals surface area contributed by atoms with Crippen LogP contribution in [0.1, 0.15) is 50.9 Å². The number of fused-ring (bicyclic) bond motifs is 1. The van der Waals surface area contributed by atoms with Gasteiger partial charge in [-0.2, -0.15) is 15.5 Å². The SMILES string of the molecule is Cc1c(-c2cc(O)c3c(C#N)cnn3c2)cnn1C1CCN(C(=O)OC(C)(C)C)CC1. The van der Waals surface area contributed by atoms with Gasteiger partial charge in [0, 0.05) is 36.1 Å². The molecule has 1 amide bonds. The molecule has 9 heteroatoms. The van der Waals surface area contributed by atoms with Gasteiger partial charge >= 0.3 is 6.09 Å². The van der Waals surface area contributed by atoms with Gasteiger partial charge in [0.25, 0.3) is 0 Å². The van der Waals surface area contributed by atoms with Crippen LogP contribution in [0.5, 0.6) is 5.75 Å². The third kappa shape index (κ3) is 3.93. The molecule has 1 saturated heterocycles. The Morgan fingerprint density at radius 2 is 1.97 bits per heavy atom. The maximum absolute atomic E-state index is 12.3. The quantitative estimate of drug-likeness (QED) is 0.675. The Bertz CT molecular complexity index is 1170. The van der Waals surface area contributed by atoms with Gasteiger partial charge < -0.3 is 14.7 Å². The molecule has 0 spiro atoms. The maximum Gasteiger partial charge on any atom is 0.410 e. The van der Waals surface area contributed by atoms with E-state index in [0.29, 0.717) is 24.2 Å². The highest BCUT2D eigenvalue weighted by atomic mass is 16.6. The third-order valence-electron chi connectivity index (χ3n) is 5.53. The molecule has 31 heavy (non-hydrogen) atoms. The zero-order valence-electron chi connectivity index (χ0n) is 18.2. The minimum absolute atomic E-state index is 0.00405. The van der Waals surface area contributed by atoms with Crippen LogP contribution in [-0.2, 0) is 4.74 Å². The molecule has 0 radical (unpaired) electrons. The molecule has 3 aromatic rings. The number of hydrogen-bond acceptors (Lipinski definition) is 6. The summed E-state index contributed by atoms with van der Waals surface area (Å²) in [6.45, 7) is 8.83. The number of amides is 1. The molecule has 9 nitrogen and oxygen atoms in total. The Labute approximate surface area is 180 Å². The van der Waals surface area contributed by atoms with Crippen molar-refractivity contribution in [3.8, 4) is 22.9 Å². The Morgan fingerprint density at radius 3 is 2.61 bits per heavy atom. The zero-order valence-corrected chi connectivity index (χ0v) is 18.2.